The molecule has 8 heteroatoms. The molecule has 6 nitrogen and oxygen atoms in total. The lowest BCUT2D eigenvalue weighted by molar-refractivity contribution is -0.0503. The molecule has 0 saturated carbocycles. The minimum Gasteiger partial charge on any atom is -0.444 e. The van der Waals surface area contributed by atoms with Gasteiger partial charge in [0, 0.05) is 13.0 Å². The van der Waals surface area contributed by atoms with Gasteiger partial charge in [-0.3, -0.25) is 0 Å². The van der Waals surface area contributed by atoms with Gasteiger partial charge in [-0.2, -0.15) is 8.78 Å². The van der Waals surface area contributed by atoms with Crippen LogP contribution in [-0.2, 0) is 11.2 Å². The quantitative estimate of drug-likeness (QED) is 0.831. The predicted octanol–water partition coefficient (Wildman–Crippen LogP) is 3.17. The molecule has 130 valence electrons. The summed E-state index contributed by atoms with van der Waals surface area (Å²) >= 11 is 0. The fourth-order valence-corrected chi connectivity index (χ4v) is 1.69. The van der Waals surface area contributed by atoms with Crippen molar-refractivity contribution in [3.8, 4) is 5.75 Å². The lowest BCUT2D eigenvalue weighted by Crippen LogP contribution is -2.34. The maximum atomic E-state index is 12.0. The van der Waals surface area contributed by atoms with Gasteiger partial charge >= 0.3 is 12.7 Å². The highest BCUT2D eigenvalue weighted by atomic mass is 19.3. The Kier molecular flexibility index (Phi) is 7.12. The first-order valence-electron chi connectivity index (χ1n) is 7.38. The van der Waals surface area contributed by atoms with E-state index in [9.17, 15) is 13.6 Å². The molecule has 23 heavy (non-hydrogen) atoms. The normalized spacial score (nSPS) is 12.8. The number of carbonyl (C=O) groups excluding carboxylic acids is 1. The topological polar surface area (TPSA) is 73.3 Å². The third-order valence-electron chi connectivity index (χ3n) is 2.76. The zero-order chi connectivity index (χ0) is 17.5. The van der Waals surface area contributed by atoms with Crippen molar-refractivity contribution in [3.05, 3.63) is 18.2 Å². The van der Waals surface area contributed by atoms with Crippen LogP contribution in [0.25, 0.3) is 0 Å². The summed E-state index contributed by atoms with van der Waals surface area (Å²) in [6.07, 6.45) is 3.31. The number of hydrogen-bond acceptors (Lipinski definition) is 5. The maximum absolute atomic E-state index is 12.0. The minimum atomic E-state index is -2.89. The second-order valence-electron chi connectivity index (χ2n) is 6.24. The van der Waals surface area contributed by atoms with Gasteiger partial charge in [0.15, 0.2) is 5.75 Å². The van der Waals surface area contributed by atoms with Crippen LogP contribution in [0.15, 0.2) is 12.4 Å². The average molecular weight is 331 g/mol. The molecule has 0 bridgehead atoms. The van der Waals surface area contributed by atoms with Crippen molar-refractivity contribution in [2.75, 3.05) is 6.54 Å². The number of nitrogens with zero attached hydrogens (tertiary/aromatic N) is 2. The van der Waals surface area contributed by atoms with Crippen LogP contribution in [0.4, 0.5) is 13.6 Å². The van der Waals surface area contributed by atoms with Crippen molar-refractivity contribution < 1.29 is 23.0 Å². The van der Waals surface area contributed by atoms with Crippen molar-refractivity contribution in [1.29, 1.82) is 0 Å². The van der Waals surface area contributed by atoms with E-state index in [0.717, 1.165) is 6.42 Å². The van der Waals surface area contributed by atoms with Gasteiger partial charge in [-0.15, -0.1) is 0 Å². The molecule has 1 atom stereocenters. The fourth-order valence-electron chi connectivity index (χ4n) is 1.69. The largest absolute Gasteiger partial charge is 0.444 e. The van der Waals surface area contributed by atoms with Gasteiger partial charge in [0.2, 0.25) is 0 Å². The summed E-state index contributed by atoms with van der Waals surface area (Å²) in [6, 6.07) is 0. The Bertz CT molecular complexity index is 490. The van der Waals surface area contributed by atoms with Crippen molar-refractivity contribution in [3.63, 3.8) is 0 Å². The molecule has 1 aromatic heterocycles. The first-order chi connectivity index (χ1) is 10.7. The number of aromatic nitrogens is 2. The highest BCUT2D eigenvalue weighted by molar-refractivity contribution is 5.67. The smallest absolute Gasteiger partial charge is 0.407 e. The maximum Gasteiger partial charge on any atom is 0.407 e. The molecule has 0 fully saturated rings. The second-order valence-corrected chi connectivity index (χ2v) is 6.24. The molecule has 1 rings (SSSR count). The minimum absolute atomic E-state index is 0.0663. The van der Waals surface area contributed by atoms with E-state index in [-0.39, 0.29) is 11.7 Å². The van der Waals surface area contributed by atoms with Gasteiger partial charge in [-0.05, 0) is 33.1 Å². The van der Waals surface area contributed by atoms with Crippen LogP contribution in [-0.4, -0.2) is 34.8 Å². The first kappa shape index (κ1) is 19.1. The van der Waals surface area contributed by atoms with E-state index >= 15 is 0 Å². The van der Waals surface area contributed by atoms with Crippen LogP contribution in [0.2, 0.25) is 0 Å². The van der Waals surface area contributed by atoms with Crippen LogP contribution in [0.3, 0.4) is 0 Å². The van der Waals surface area contributed by atoms with Crippen molar-refractivity contribution in [2.24, 2.45) is 5.92 Å². The zero-order valence-electron chi connectivity index (χ0n) is 13.8. The van der Waals surface area contributed by atoms with Crippen molar-refractivity contribution >= 4 is 6.09 Å². The Morgan fingerprint density at radius 1 is 1.30 bits per heavy atom. The molecule has 0 aliphatic heterocycles. The number of carbonyl (C=O) groups is 1. The van der Waals surface area contributed by atoms with E-state index in [1.807, 2.05) is 6.92 Å². The second kappa shape index (κ2) is 8.59. The van der Waals surface area contributed by atoms with Crippen LogP contribution in [0.5, 0.6) is 5.75 Å². The number of alkyl carbamates (subject to hydrolysis) is 1. The summed E-state index contributed by atoms with van der Waals surface area (Å²) in [7, 11) is 0. The molecule has 1 heterocycles. The average Bonchev–Trinajstić information content (AvgIpc) is 2.42. The summed E-state index contributed by atoms with van der Waals surface area (Å²) < 4.78 is 33.3. The molecule has 0 spiro atoms. The summed E-state index contributed by atoms with van der Waals surface area (Å²) in [5.41, 5.74) is -0.525. The fraction of sp³-hybridized carbons (Fsp3) is 0.667. The first-order valence-corrected chi connectivity index (χ1v) is 7.38. The van der Waals surface area contributed by atoms with Gasteiger partial charge in [-0.1, -0.05) is 6.92 Å². The number of amides is 1. The molecule has 1 aromatic rings. The Labute approximate surface area is 134 Å². The summed E-state index contributed by atoms with van der Waals surface area (Å²) in [4.78, 5) is 19.5. The molecule has 0 aliphatic rings. The molecule has 0 aromatic carbocycles. The SMILES string of the molecule is CC(CCc1ncc(OC(F)F)cn1)CNC(=O)OC(C)(C)C. The molecule has 0 aliphatic carbocycles. The molecule has 1 N–H and O–H groups in total. The monoisotopic (exact) mass is 331 g/mol. The van der Waals surface area contributed by atoms with Crippen molar-refractivity contribution in [2.45, 2.75) is 52.7 Å². The standard InChI is InChI=1S/C15H23F2N3O3/c1-10(7-20-14(21)23-15(2,3)4)5-6-12-18-8-11(9-19-12)22-13(16)17/h8-10,13H,5-7H2,1-4H3,(H,20,21). The van der Waals surface area contributed by atoms with E-state index in [1.54, 1.807) is 20.8 Å². The Balaban J connectivity index is 2.30. The van der Waals surface area contributed by atoms with E-state index in [1.165, 1.54) is 12.4 Å². The molecular formula is C15H23F2N3O3. The Morgan fingerprint density at radius 3 is 2.43 bits per heavy atom. The number of hydrogen-bond donors (Lipinski definition) is 1. The lowest BCUT2D eigenvalue weighted by atomic mass is 10.1. The highest BCUT2D eigenvalue weighted by Crippen LogP contribution is 2.12. The van der Waals surface area contributed by atoms with Crippen LogP contribution in [0.1, 0.15) is 39.9 Å². The molecular weight excluding hydrogens is 308 g/mol. The number of alkyl halides is 2. The Hall–Kier alpha value is -1.99. The molecule has 0 saturated heterocycles. The van der Waals surface area contributed by atoms with E-state index in [4.69, 9.17) is 4.74 Å². The predicted molar refractivity (Wildman–Crippen MR) is 80.4 cm³/mol. The third-order valence-corrected chi connectivity index (χ3v) is 2.76. The number of ether oxygens (including phenoxy) is 2. The zero-order valence-corrected chi connectivity index (χ0v) is 13.8. The van der Waals surface area contributed by atoms with Gasteiger partial charge in [-0.25, -0.2) is 14.8 Å². The van der Waals surface area contributed by atoms with E-state index in [0.29, 0.717) is 18.8 Å². The molecule has 0 radical (unpaired) electrons. The summed E-state index contributed by atoms with van der Waals surface area (Å²) in [5.74, 6) is 0.669. The number of nitrogens with one attached hydrogen (secondary N) is 1. The highest BCUT2D eigenvalue weighted by Gasteiger charge is 2.16. The number of aryl methyl sites for hydroxylation is 1. The van der Waals surface area contributed by atoms with Gasteiger partial charge in [0.05, 0.1) is 12.4 Å². The van der Waals surface area contributed by atoms with Crippen LogP contribution < -0.4 is 10.1 Å². The van der Waals surface area contributed by atoms with Crippen molar-refractivity contribution in [1.82, 2.24) is 15.3 Å². The van der Waals surface area contributed by atoms with Crippen LogP contribution in [0, 0.1) is 5.92 Å². The number of halogens is 2. The Morgan fingerprint density at radius 2 is 1.91 bits per heavy atom. The molecule has 1 amide bonds. The van der Waals surface area contributed by atoms with Gasteiger partial charge in [0.25, 0.3) is 0 Å². The van der Waals surface area contributed by atoms with E-state index < -0.39 is 18.3 Å². The molecule has 1 unspecified atom stereocenters. The number of rotatable bonds is 7. The summed E-state index contributed by atoms with van der Waals surface area (Å²) in [5, 5.41) is 2.70. The third kappa shape index (κ3) is 8.90. The lowest BCUT2D eigenvalue weighted by Gasteiger charge is -2.20. The van der Waals surface area contributed by atoms with E-state index in [2.05, 4.69) is 20.0 Å². The van der Waals surface area contributed by atoms with Crippen LogP contribution >= 0.6 is 0 Å². The van der Waals surface area contributed by atoms with Gasteiger partial charge < -0.3 is 14.8 Å². The summed E-state index contributed by atoms with van der Waals surface area (Å²) in [6.45, 7) is 4.97. The van der Waals surface area contributed by atoms with Gasteiger partial charge in [0.1, 0.15) is 11.4 Å².